The van der Waals surface area contributed by atoms with E-state index in [9.17, 15) is 26.8 Å². The first-order valence-electron chi connectivity index (χ1n) is 9.45. The lowest BCUT2D eigenvalue weighted by molar-refractivity contribution is -0.139. The molecule has 11 heteroatoms. The SMILES string of the molecule is COCCN(CC(F)F)C(=O)C1CCN(S(=O)(=O)c2ccccc2C(=O)OC)CC1. The molecule has 30 heavy (non-hydrogen) atoms. The van der Waals surface area contributed by atoms with E-state index in [-0.39, 0.29) is 49.5 Å². The van der Waals surface area contributed by atoms with Crippen molar-refractivity contribution in [3.8, 4) is 0 Å². The molecule has 8 nitrogen and oxygen atoms in total. The maximum absolute atomic E-state index is 13.0. The molecule has 1 aliphatic heterocycles. The Morgan fingerprint density at radius 2 is 1.83 bits per heavy atom. The van der Waals surface area contributed by atoms with Gasteiger partial charge in [-0.2, -0.15) is 4.31 Å². The molecule has 0 saturated carbocycles. The Morgan fingerprint density at radius 3 is 2.40 bits per heavy atom. The Bertz CT molecular complexity index is 841. The third-order valence-corrected chi connectivity index (χ3v) is 6.91. The lowest BCUT2D eigenvalue weighted by Gasteiger charge is -2.33. The minimum Gasteiger partial charge on any atom is -0.465 e. The maximum Gasteiger partial charge on any atom is 0.339 e. The van der Waals surface area contributed by atoms with Crippen molar-refractivity contribution in [2.75, 3.05) is 47.0 Å². The molecule has 0 aliphatic carbocycles. The molecule has 1 aromatic rings. The van der Waals surface area contributed by atoms with E-state index in [1.165, 1.54) is 35.7 Å². The van der Waals surface area contributed by atoms with E-state index >= 15 is 0 Å². The fraction of sp³-hybridized carbons (Fsp3) is 0.579. The molecule has 0 radical (unpaired) electrons. The average Bonchev–Trinajstić information content (AvgIpc) is 2.75. The number of carbonyl (C=O) groups excluding carboxylic acids is 2. The second-order valence-corrected chi connectivity index (χ2v) is 8.74. The number of hydrogen-bond donors (Lipinski definition) is 0. The molecule has 0 bridgehead atoms. The number of benzene rings is 1. The van der Waals surface area contributed by atoms with Crippen LogP contribution in [0, 0.1) is 5.92 Å². The zero-order valence-electron chi connectivity index (χ0n) is 16.9. The topological polar surface area (TPSA) is 93.2 Å². The molecule has 1 aliphatic rings. The van der Waals surface area contributed by atoms with Crippen molar-refractivity contribution in [3.63, 3.8) is 0 Å². The van der Waals surface area contributed by atoms with Gasteiger partial charge in [-0.05, 0) is 25.0 Å². The lowest BCUT2D eigenvalue weighted by Crippen LogP contribution is -2.46. The molecule has 0 aromatic heterocycles. The maximum atomic E-state index is 13.0. The number of ether oxygens (including phenoxy) is 2. The van der Waals surface area contributed by atoms with Crippen molar-refractivity contribution in [3.05, 3.63) is 29.8 Å². The number of alkyl halides is 2. The van der Waals surface area contributed by atoms with Gasteiger partial charge in [-0.1, -0.05) is 12.1 Å². The average molecular weight is 448 g/mol. The second kappa shape index (κ2) is 10.8. The number of sulfonamides is 1. The molecule has 1 aromatic carbocycles. The third-order valence-electron chi connectivity index (χ3n) is 4.95. The summed E-state index contributed by atoms with van der Waals surface area (Å²) in [5.74, 6) is -1.75. The number of halogens is 2. The number of nitrogens with zero attached hydrogens (tertiary/aromatic N) is 2. The summed E-state index contributed by atoms with van der Waals surface area (Å²) in [5, 5.41) is 0. The van der Waals surface area contributed by atoms with Gasteiger partial charge in [0.25, 0.3) is 6.43 Å². The summed E-state index contributed by atoms with van der Waals surface area (Å²) in [4.78, 5) is 25.5. The van der Waals surface area contributed by atoms with E-state index in [1.54, 1.807) is 0 Å². The fourth-order valence-corrected chi connectivity index (χ4v) is 5.02. The number of carbonyl (C=O) groups is 2. The van der Waals surface area contributed by atoms with E-state index in [4.69, 9.17) is 4.74 Å². The van der Waals surface area contributed by atoms with E-state index in [0.717, 1.165) is 12.0 Å². The Hall–Kier alpha value is -2.11. The van der Waals surface area contributed by atoms with Crippen LogP contribution in [0.25, 0.3) is 0 Å². The summed E-state index contributed by atoms with van der Waals surface area (Å²) in [6.07, 6.45) is -2.27. The summed E-state index contributed by atoms with van der Waals surface area (Å²) in [6.45, 7) is -0.421. The summed E-state index contributed by atoms with van der Waals surface area (Å²) in [5.41, 5.74) is -0.0686. The van der Waals surface area contributed by atoms with Crippen molar-refractivity contribution in [2.24, 2.45) is 5.92 Å². The monoisotopic (exact) mass is 448 g/mol. The molecular weight excluding hydrogens is 422 g/mol. The highest BCUT2D eigenvalue weighted by atomic mass is 32.2. The van der Waals surface area contributed by atoms with Crippen LogP contribution in [-0.4, -0.2) is 82.9 Å². The van der Waals surface area contributed by atoms with Crippen LogP contribution in [0.5, 0.6) is 0 Å². The van der Waals surface area contributed by atoms with Crippen LogP contribution in [0.3, 0.4) is 0 Å². The lowest BCUT2D eigenvalue weighted by atomic mass is 9.96. The van der Waals surface area contributed by atoms with Crippen LogP contribution in [0.2, 0.25) is 0 Å². The van der Waals surface area contributed by atoms with Gasteiger partial charge in [-0.25, -0.2) is 22.0 Å². The molecule has 1 saturated heterocycles. The van der Waals surface area contributed by atoms with Crippen molar-refractivity contribution in [1.82, 2.24) is 9.21 Å². The van der Waals surface area contributed by atoms with Gasteiger partial charge in [0.05, 0.1) is 30.7 Å². The van der Waals surface area contributed by atoms with Crippen molar-refractivity contribution in [2.45, 2.75) is 24.2 Å². The zero-order chi connectivity index (χ0) is 22.3. The van der Waals surface area contributed by atoms with Crippen molar-refractivity contribution < 1.29 is 36.3 Å². The first kappa shape index (κ1) is 24.2. The zero-order valence-corrected chi connectivity index (χ0v) is 17.7. The molecule has 0 spiro atoms. The van der Waals surface area contributed by atoms with Gasteiger partial charge in [0.2, 0.25) is 15.9 Å². The summed E-state index contributed by atoms with van der Waals surface area (Å²) in [6, 6.07) is 5.74. The molecule has 2 rings (SSSR count). The Morgan fingerprint density at radius 1 is 1.20 bits per heavy atom. The second-order valence-electron chi connectivity index (χ2n) is 6.83. The molecule has 168 valence electrons. The first-order valence-corrected chi connectivity index (χ1v) is 10.9. The van der Waals surface area contributed by atoms with E-state index in [2.05, 4.69) is 4.74 Å². The molecule has 0 atom stereocenters. The summed E-state index contributed by atoms with van der Waals surface area (Å²) in [7, 11) is -1.40. The largest absolute Gasteiger partial charge is 0.465 e. The van der Waals surface area contributed by atoms with Gasteiger partial charge in [0, 0.05) is 32.7 Å². The standard InChI is InChI=1S/C19H26F2N2O6S/c1-28-12-11-22(13-17(20)21)18(24)14-7-9-23(10-8-14)30(26,27)16-6-4-3-5-15(16)19(25)29-2/h3-6,14,17H,7-13H2,1-2H3. The first-order chi connectivity index (χ1) is 14.2. The highest BCUT2D eigenvalue weighted by Gasteiger charge is 2.35. The van der Waals surface area contributed by atoms with Crippen LogP contribution in [0.1, 0.15) is 23.2 Å². The van der Waals surface area contributed by atoms with Crippen LogP contribution in [-0.2, 0) is 24.3 Å². The van der Waals surface area contributed by atoms with Gasteiger partial charge in [-0.3, -0.25) is 4.79 Å². The molecule has 0 N–H and O–H groups in total. The molecule has 0 unspecified atom stereocenters. The van der Waals surface area contributed by atoms with Crippen LogP contribution in [0.15, 0.2) is 29.2 Å². The predicted molar refractivity (Wildman–Crippen MR) is 104 cm³/mol. The minimum absolute atomic E-state index is 0.0427. The number of amides is 1. The number of hydrogen-bond acceptors (Lipinski definition) is 6. The Labute approximate surface area is 174 Å². The van der Waals surface area contributed by atoms with Gasteiger partial charge in [0.15, 0.2) is 0 Å². The van der Waals surface area contributed by atoms with Crippen LogP contribution >= 0.6 is 0 Å². The van der Waals surface area contributed by atoms with Gasteiger partial charge >= 0.3 is 5.97 Å². The Balaban J connectivity index is 2.11. The summed E-state index contributed by atoms with van der Waals surface area (Å²) < 4.78 is 62.4. The number of esters is 1. The van der Waals surface area contributed by atoms with Crippen molar-refractivity contribution >= 4 is 21.9 Å². The van der Waals surface area contributed by atoms with Gasteiger partial charge < -0.3 is 14.4 Å². The number of piperidine rings is 1. The van der Waals surface area contributed by atoms with Crippen LogP contribution in [0.4, 0.5) is 8.78 Å². The molecule has 1 heterocycles. The van der Waals surface area contributed by atoms with E-state index < -0.39 is 40.8 Å². The minimum atomic E-state index is -3.98. The normalized spacial score (nSPS) is 15.9. The summed E-state index contributed by atoms with van der Waals surface area (Å²) >= 11 is 0. The highest BCUT2D eigenvalue weighted by Crippen LogP contribution is 2.27. The molecule has 1 amide bonds. The number of rotatable bonds is 9. The van der Waals surface area contributed by atoms with Gasteiger partial charge in [-0.15, -0.1) is 0 Å². The van der Waals surface area contributed by atoms with E-state index in [1.807, 2.05) is 0 Å². The highest BCUT2D eigenvalue weighted by molar-refractivity contribution is 7.89. The van der Waals surface area contributed by atoms with E-state index in [0.29, 0.717) is 0 Å². The third kappa shape index (κ3) is 5.73. The van der Waals surface area contributed by atoms with Crippen molar-refractivity contribution in [1.29, 1.82) is 0 Å². The smallest absolute Gasteiger partial charge is 0.339 e. The predicted octanol–water partition coefficient (Wildman–Crippen LogP) is 1.61. The molecular formula is C19H26F2N2O6S. The van der Waals surface area contributed by atoms with Gasteiger partial charge in [0.1, 0.15) is 0 Å². The fourth-order valence-electron chi connectivity index (χ4n) is 3.37. The Kier molecular flexibility index (Phi) is 8.68. The number of methoxy groups -OCH3 is 2. The van der Waals surface area contributed by atoms with Crippen LogP contribution < -0.4 is 0 Å². The quantitative estimate of drug-likeness (QED) is 0.533. The molecule has 1 fully saturated rings.